The van der Waals surface area contributed by atoms with E-state index in [1.165, 1.54) is 0 Å². The highest BCUT2D eigenvalue weighted by molar-refractivity contribution is 5.80. The number of aliphatic hydroxyl groups excluding tert-OH is 2. The lowest BCUT2D eigenvalue weighted by molar-refractivity contribution is 0.177. The minimum Gasteiger partial charge on any atom is -0.399 e. The van der Waals surface area contributed by atoms with Gasteiger partial charge in [0.1, 0.15) is 11.9 Å². The molecule has 1 heterocycles. The molecule has 0 amide bonds. The molecule has 19 heavy (non-hydrogen) atoms. The molecule has 0 aliphatic heterocycles. The van der Waals surface area contributed by atoms with Crippen LogP contribution in [-0.2, 0) is 0 Å². The smallest absolute Gasteiger partial charge is 0.138 e. The summed E-state index contributed by atoms with van der Waals surface area (Å²) in [5.74, 6) is 0.626. The van der Waals surface area contributed by atoms with Gasteiger partial charge in [-0.1, -0.05) is 6.92 Å². The van der Waals surface area contributed by atoms with E-state index in [0.717, 1.165) is 17.5 Å². The largest absolute Gasteiger partial charge is 0.399 e. The number of aromatic nitrogens is 2. The van der Waals surface area contributed by atoms with Crippen LogP contribution >= 0.6 is 0 Å². The molecular formula is C14H21N3O2. The number of hydrogen-bond donors (Lipinski definition) is 3. The van der Waals surface area contributed by atoms with Gasteiger partial charge in [0.05, 0.1) is 11.0 Å². The van der Waals surface area contributed by atoms with Crippen LogP contribution in [0.15, 0.2) is 18.2 Å². The predicted octanol–water partition coefficient (Wildman–Crippen LogP) is 2.01. The van der Waals surface area contributed by atoms with Crippen molar-refractivity contribution in [3.05, 3.63) is 24.0 Å². The molecule has 2 unspecified atom stereocenters. The highest BCUT2D eigenvalue weighted by Gasteiger charge is 2.20. The van der Waals surface area contributed by atoms with Crippen LogP contribution in [0.1, 0.15) is 44.7 Å². The monoisotopic (exact) mass is 263 g/mol. The van der Waals surface area contributed by atoms with Crippen molar-refractivity contribution in [1.29, 1.82) is 0 Å². The zero-order valence-corrected chi connectivity index (χ0v) is 11.4. The summed E-state index contributed by atoms with van der Waals surface area (Å²) < 4.78 is 2.02. The number of nitrogens with zero attached hydrogens (tertiary/aromatic N) is 2. The van der Waals surface area contributed by atoms with Gasteiger partial charge in [-0.3, -0.25) is 0 Å². The molecule has 4 N–H and O–H groups in total. The molecule has 1 aromatic heterocycles. The highest BCUT2D eigenvalue weighted by Crippen LogP contribution is 2.29. The van der Waals surface area contributed by atoms with Crippen molar-refractivity contribution in [3.63, 3.8) is 0 Å². The number of rotatable bonds is 5. The van der Waals surface area contributed by atoms with E-state index in [1.54, 1.807) is 6.92 Å². The third-order valence-electron chi connectivity index (χ3n) is 3.41. The Morgan fingerprint density at radius 1 is 1.42 bits per heavy atom. The third kappa shape index (κ3) is 2.57. The first kappa shape index (κ1) is 13.8. The number of benzene rings is 1. The normalized spacial score (nSPS) is 14.7. The van der Waals surface area contributed by atoms with Crippen LogP contribution in [-0.4, -0.2) is 26.4 Å². The van der Waals surface area contributed by atoms with Crippen LogP contribution in [0, 0.1) is 0 Å². The van der Waals surface area contributed by atoms with Crippen molar-refractivity contribution in [1.82, 2.24) is 9.55 Å². The van der Waals surface area contributed by atoms with E-state index in [0.29, 0.717) is 17.9 Å². The van der Waals surface area contributed by atoms with Crippen molar-refractivity contribution in [2.24, 2.45) is 0 Å². The van der Waals surface area contributed by atoms with Gasteiger partial charge in [0.25, 0.3) is 0 Å². The predicted molar refractivity (Wildman–Crippen MR) is 75.8 cm³/mol. The van der Waals surface area contributed by atoms with Crippen molar-refractivity contribution in [3.8, 4) is 0 Å². The van der Waals surface area contributed by atoms with Gasteiger partial charge >= 0.3 is 0 Å². The summed E-state index contributed by atoms with van der Waals surface area (Å²) in [4.78, 5) is 4.48. The fraction of sp³-hybridized carbons (Fsp3) is 0.500. The molecule has 0 aliphatic carbocycles. The van der Waals surface area contributed by atoms with Crippen LogP contribution < -0.4 is 5.73 Å². The van der Waals surface area contributed by atoms with Crippen LogP contribution in [0.2, 0.25) is 0 Å². The molecule has 0 saturated carbocycles. The zero-order chi connectivity index (χ0) is 14.0. The van der Waals surface area contributed by atoms with Gasteiger partial charge in [-0.25, -0.2) is 4.98 Å². The SMILES string of the molecule is CCC(CCO)n1c(C(C)O)nc2cc(N)ccc21. The molecule has 5 nitrogen and oxygen atoms in total. The fourth-order valence-corrected chi connectivity index (χ4v) is 2.48. The average molecular weight is 263 g/mol. The van der Waals surface area contributed by atoms with E-state index in [9.17, 15) is 10.2 Å². The van der Waals surface area contributed by atoms with Crippen LogP contribution in [0.3, 0.4) is 0 Å². The van der Waals surface area contributed by atoms with Gasteiger partial charge in [-0.2, -0.15) is 0 Å². The van der Waals surface area contributed by atoms with E-state index in [4.69, 9.17) is 5.73 Å². The molecule has 0 bridgehead atoms. The van der Waals surface area contributed by atoms with E-state index in [-0.39, 0.29) is 12.6 Å². The lowest BCUT2D eigenvalue weighted by Gasteiger charge is -2.20. The van der Waals surface area contributed by atoms with Gasteiger partial charge in [-0.05, 0) is 38.0 Å². The van der Waals surface area contributed by atoms with Crippen LogP contribution in [0.25, 0.3) is 11.0 Å². The standard InChI is InChI=1S/C14H21N3O2/c1-3-11(6-7-18)17-13-5-4-10(15)8-12(13)16-14(17)9(2)19/h4-5,8-9,11,18-19H,3,6-7,15H2,1-2H3. The Hall–Kier alpha value is -1.59. The van der Waals surface area contributed by atoms with E-state index in [1.807, 2.05) is 22.8 Å². The minimum absolute atomic E-state index is 0.117. The van der Waals surface area contributed by atoms with E-state index < -0.39 is 6.10 Å². The molecule has 1 aromatic carbocycles. The van der Waals surface area contributed by atoms with Crippen LogP contribution in [0.4, 0.5) is 5.69 Å². The van der Waals surface area contributed by atoms with Gasteiger partial charge in [-0.15, -0.1) is 0 Å². The Morgan fingerprint density at radius 3 is 2.74 bits per heavy atom. The number of imidazole rings is 1. The summed E-state index contributed by atoms with van der Waals surface area (Å²) in [5.41, 5.74) is 8.17. The number of nitrogen functional groups attached to an aromatic ring is 1. The third-order valence-corrected chi connectivity index (χ3v) is 3.41. The maximum Gasteiger partial charge on any atom is 0.138 e. The first-order valence-electron chi connectivity index (χ1n) is 6.64. The van der Waals surface area contributed by atoms with Crippen molar-refractivity contribution in [2.45, 2.75) is 38.8 Å². The summed E-state index contributed by atoms with van der Waals surface area (Å²) in [6.07, 6.45) is 0.865. The molecule has 5 heteroatoms. The second-order valence-electron chi connectivity index (χ2n) is 4.84. The van der Waals surface area contributed by atoms with Gasteiger partial charge in [0.15, 0.2) is 0 Å². The highest BCUT2D eigenvalue weighted by atomic mass is 16.3. The topological polar surface area (TPSA) is 84.3 Å². The number of hydrogen-bond acceptors (Lipinski definition) is 4. The molecular weight excluding hydrogens is 242 g/mol. The Morgan fingerprint density at radius 2 is 2.16 bits per heavy atom. The maximum absolute atomic E-state index is 9.91. The molecule has 2 atom stereocenters. The van der Waals surface area contributed by atoms with Crippen molar-refractivity contribution >= 4 is 16.7 Å². The molecule has 104 valence electrons. The second-order valence-corrected chi connectivity index (χ2v) is 4.84. The summed E-state index contributed by atoms with van der Waals surface area (Å²) in [5, 5.41) is 19.1. The Kier molecular flexibility index (Phi) is 4.07. The summed E-state index contributed by atoms with van der Waals surface area (Å²) in [6, 6.07) is 5.69. The van der Waals surface area contributed by atoms with Crippen molar-refractivity contribution < 1.29 is 10.2 Å². The number of nitrogens with two attached hydrogens (primary N) is 1. The number of anilines is 1. The number of fused-ring (bicyclic) bond motifs is 1. The quantitative estimate of drug-likeness (QED) is 0.720. The van der Waals surface area contributed by atoms with Crippen LogP contribution in [0.5, 0.6) is 0 Å². The molecule has 0 radical (unpaired) electrons. The van der Waals surface area contributed by atoms with Gasteiger partial charge in [0.2, 0.25) is 0 Å². The zero-order valence-electron chi connectivity index (χ0n) is 11.4. The van der Waals surface area contributed by atoms with E-state index in [2.05, 4.69) is 11.9 Å². The number of aliphatic hydroxyl groups is 2. The Labute approximate surface area is 112 Å². The second kappa shape index (κ2) is 5.59. The molecule has 0 saturated heterocycles. The molecule has 0 spiro atoms. The minimum atomic E-state index is -0.652. The van der Waals surface area contributed by atoms with Crippen molar-refractivity contribution in [2.75, 3.05) is 12.3 Å². The Bertz CT molecular complexity index is 563. The first-order chi connectivity index (χ1) is 9.08. The molecule has 0 fully saturated rings. The lowest BCUT2D eigenvalue weighted by atomic mass is 10.1. The fourth-order valence-electron chi connectivity index (χ4n) is 2.48. The summed E-state index contributed by atoms with van der Waals surface area (Å²) >= 11 is 0. The average Bonchev–Trinajstić information content (AvgIpc) is 2.74. The van der Waals surface area contributed by atoms with Gasteiger partial charge < -0.3 is 20.5 Å². The maximum atomic E-state index is 9.91. The van der Waals surface area contributed by atoms with E-state index >= 15 is 0 Å². The first-order valence-corrected chi connectivity index (χ1v) is 6.64. The summed E-state index contributed by atoms with van der Waals surface area (Å²) in [6.45, 7) is 3.88. The molecule has 2 aromatic rings. The molecule has 0 aliphatic rings. The Balaban J connectivity index is 2.63. The van der Waals surface area contributed by atoms with Gasteiger partial charge in [0, 0.05) is 18.3 Å². The lowest BCUT2D eigenvalue weighted by Crippen LogP contribution is -2.14. The molecule has 2 rings (SSSR count). The summed E-state index contributed by atoms with van der Waals surface area (Å²) in [7, 11) is 0.